The number of hydrogen-bond acceptors (Lipinski definition) is 8. The Labute approximate surface area is 233 Å². The lowest BCUT2D eigenvalue weighted by molar-refractivity contribution is 0.297. The highest BCUT2D eigenvalue weighted by Crippen LogP contribution is 2.35. The quantitative estimate of drug-likeness (QED) is 0.332. The summed E-state index contributed by atoms with van der Waals surface area (Å²) in [5.74, 6) is 0.0974. The van der Waals surface area contributed by atoms with Crippen molar-refractivity contribution in [2.75, 3.05) is 24.4 Å². The van der Waals surface area contributed by atoms with Crippen LogP contribution in [0, 0.1) is 6.92 Å². The van der Waals surface area contributed by atoms with Gasteiger partial charge in [-0.25, -0.2) is 26.5 Å². The summed E-state index contributed by atoms with van der Waals surface area (Å²) in [5.41, 5.74) is 0.491. The van der Waals surface area contributed by atoms with Crippen molar-refractivity contribution < 1.29 is 21.6 Å². The molecule has 3 aromatic rings. The predicted octanol–water partition coefficient (Wildman–Crippen LogP) is 5.35. The maximum atomic E-state index is 12.9. The molecule has 38 heavy (non-hydrogen) atoms. The second kappa shape index (κ2) is 12.2. The molecular formula is C25H29ClN4O5S3. The molecule has 2 heterocycles. The molecule has 0 radical (unpaired) electrons. The van der Waals surface area contributed by atoms with Gasteiger partial charge in [0, 0.05) is 23.0 Å². The monoisotopic (exact) mass is 596 g/mol. The molecule has 1 N–H and O–H groups in total. The van der Waals surface area contributed by atoms with Crippen LogP contribution in [-0.4, -0.2) is 50.8 Å². The SMILES string of the molecule is CCCOc1nc(NS(=O)(=O)c2ccc(Cl)cc2C)ncc1Sc1ccc(S(=O)(=O)N2CCCCC2)cc1. The molecule has 0 aliphatic carbocycles. The molecule has 0 spiro atoms. The molecule has 0 atom stereocenters. The van der Waals surface area contributed by atoms with Gasteiger partial charge in [0.15, 0.2) is 0 Å². The van der Waals surface area contributed by atoms with Gasteiger partial charge in [-0.05, 0) is 74.2 Å². The van der Waals surface area contributed by atoms with E-state index in [1.54, 1.807) is 37.3 Å². The average Bonchev–Trinajstić information content (AvgIpc) is 2.89. The highest BCUT2D eigenvalue weighted by Gasteiger charge is 2.26. The van der Waals surface area contributed by atoms with E-state index >= 15 is 0 Å². The molecule has 13 heteroatoms. The molecule has 1 aromatic heterocycles. The molecule has 1 saturated heterocycles. The Hall–Kier alpha value is -2.38. The Bertz CT molecular complexity index is 1490. The van der Waals surface area contributed by atoms with Crippen LogP contribution in [0.2, 0.25) is 5.02 Å². The standard InChI is InChI=1S/C25H29ClN4O5S3/c1-3-15-35-24-22(17-27-25(28-24)29-37(31,32)23-12-7-19(26)16-18(23)2)36-20-8-10-21(11-9-20)38(33,34)30-13-5-4-6-14-30/h7-12,16-17H,3-6,13-15H2,1-2H3,(H,27,28,29). The molecule has 0 saturated carbocycles. The number of benzene rings is 2. The molecule has 2 aromatic carbocycles. The molecule has 1 fully saturated rings. The molecular weight excluding hydrogens is 568 g/mol. The van der Waals surface area contributed by atoms with Gasteiger partial charge in [0.1, 0.15) is 0 Å². The van der Waals surface area contributed by atoms with Crippen LogP contribution in [0.1, 0.15) is 38.2 Å². The summed E-state index contributed by atoms with van der Waals surface area (Å²) < 4.78 is 61.5. The van der Waals surface area contributed by atoms with Crippen molar-refractivity contribution in [3.63, 3.8) is 0 Å². The number of aromatic nitrogens is 2. The van der Waals surface area contributed by atoms with Crippen LogP contribution in [0.15, 0.2) is 68.2 Å². The summed E-state index contributed by atoms with van der Waals surface area (Å²) in [7, 11) is -7.48. The topological polar surface area (TPSA) is 119 Å². The first-order valence-corrected chi connectivity index (χ1v) is 16.3. The summed E-state index contributed by atoms with van der Waals surface area (Å²) in [5, 5.41) is 0.437. The molecule has 1 aliphatic rings. The fraction of sp³-hybridized carbons (Fsp3) is 0.360. The lowest BCUT2D eigenvalue weighted by atomic mass is 10.2. The van der Waals surface area contributed by atoms with E-state index in [9.17, 15) is 16.8 Å². The van der Waals surface area contributed by atoms with Crippen molar-refractivity contribution in [2.24, 2.45) is 0 Å². The third kappa shape index (κ3) is 6.78. The second-order valence-corrected chi connectivity index (χ2v) is 13.9. The average molecular weight is 597 g/mol. The van der Waals surface area contributed by atoms with Crippen molar-refractivity contribution >= 4 is 49.4 Å². The van der Waals surface area contributed by atoms with Gasteiger partial charge in [0.05, 0.1) is 27.5 Å². The van der Waals surface area contributed by atoms with Crippen LogP contribution < -0.4 is 9.46 Å². The third-order valence-electron chi connectivity index (χ3n) is 5.82. The van der Waals surface area contributed by atoms with Gasteiger partial charge in [-0.15, -0.1) is 0 Å². The minimum Gasteiger partial charge on any atom is -0.477 e. The highest BCUT2D eigenvalue weighted by molar-refractivity contribution is 7.99. The van der Waals surface area contributed by atoms with E-state index in [0.29, 0.717) is 35.2 Å². The van der Waals surface area contributed by atoms with Gasteiger partial charge < -0.3 is 4.74 Å². The lowest BCUT2D eigenvalue weighted by Gasteiger charge is -2.25. The summed E-state index contributed by atoms with van der Waals surface area (Å²) in [6.07, 6.45) is 5.00. The van der Waals surface area contributed by atoms with Gasteiger partial charge in [0.2, 0.25) is 21.9 Å². The molecule has 0 unspecified atom stereocenters. The number of halogens is 1. The van der Waals surface area contributed by atoms with Crippen LogP contribution >= 0.6 is 23.4 Å². The molecule has 1 aliphatic heterocycles. The maximum Gasteiger partial charge on any atom is 0.264 e. The minimum absolute atomic E-state index is 0.0690. The Kier molecular flexibility index (Phi) is 9.19. The van der Waals surface area contributed by atoms with Gasteiger partial charge in [0.25, 0.3) is 10.0 Å². The molecule has 204 valence electrons. The second-order valence-electron chi connectivity index (χ2n) is 8.77. The zero-order valence-corrected chi connectivity index (χ0v) is 24.3. The van der Waals surface area contributed by atoms with Crippen molar-refractivity contribution in [1.29, 1.82) is 0 Å². The smallest absolute Gasteiger partial charge is 0.264 e. The fourth-order valence-corrected chi connectivity index (χ4v) is 7.67. The van der Waals surface area contributed by atoms with E-state index in [0.717, 1.165) is 30.6 Å². The summed E-state index contributed by atoms with van der Waals surface area (Å²) >= 11 is 7.25. The molecule has 9 nitrogen and oxygen atoms in total. The van der Waals surface area contributed by atoms with Crippen LogP contribution in [0.25, 0.3) is 0 Å². The first kappa shape index (κ1) is 28.6. The number of sulfonamides is 2. The van der Waals surface area contributed by atoms with Crippen molar-refractivity contribution in [3.8, 4) is 5.88 Å². The van der Waals surface area contributed by atoms with E-state index in [1.165, 1.54) is 34.4 Å². The number of hydrogen-bond donors (Lipinski definition) is 1. The van der Waals surface area contributed by atoms with E-state index < -0.39 is 20.0 Å². The first-order chi connectivity index (χ1) is 18.1. The lowest BCUT2D eigenvalue weighted by Crippen LogP contribution is -2.35. The Morgan fingerprint density at radius 2 is 1.76 bits per heavy atom. The minimum atomic E-state index is -3.95. The van der Waals surface area contributed by atoms with Crippen LogP contribution in [0.5, 0.6) is 5.88 Å². The van der Waals surface area contributed by atoms with Crippen LogP contribution in [0.3, 0.4) is 0 Å². The number of ether oxygens (including phenoxy) is 1. The fourth-order valence-electron chi connectivity index (χ4n) is 3.93. The number of nitrogens with one attached hydrogen (secondary N) is 1. The summed E-state index contributed by atoms with van der Waals surface area (Å²) in [4.78, 5) is 10.1. The van der Waals surface area contributed by atoms with E-state index in [1.807, 2.05) is 6.92 Å². The number of rotatable bonds is 10. The Morgan fingerprint density at radius 3 is 2.42 bits per heavy atom. The first-order valence-electron chi connectivity index (χ1n) is 12.2. The number of nitrogens with zero attached hydrogens (tertiary/aromatic N) is 3. The van der Waals surface area contributed by atoms with Crippen LogP contribution in [0.4, 0.5) is 5.95 Å². The van der Waals surface area contributed by atoms with Gasteiger partial charge >= 0.3 is 0 Å². The normalized spacial score (nSPS) is 14.8. The molecule has 4 rings (SSSR count). The molecule has 0 amide bonds. The van der Waals surface area contributed by atoms with E-state index in [-0.39, 0.29) is 21.6 Å². The van der Waals surface area contributed by atoms with Crippen LogP contribution in [-0.2, 0) is 20.0 Å². The van der Waals surface area contributed by atoms with Crippen molar-refractivity contribution in [3.05, 3.63) is 59.2 Å². The number of piperidine rings is 1. The maximum absolute atomic E-state index is 12.9. The predicted molar refractivity (Wildman–Crippen MR) is 148 cm³/mol. The van der Waals surface area contributed by atoms with Gasteiger partial charge in [-0.1, -0.05) is 36.7 Å². The summed E-state index contributed by atoms with van der Waals surface area (Å²) in [6.45, 7) is 5.06. The highest BCUT2D eigenvalue weighted by atomic mass is 35.5. The van der Waals surface area contributed by atoms with Crippen molar-refractivity contribution in [1.82, 2.24) is 14.3 Å². The molecule has 0 bridgehead atoms. The Morgan fingerprint density at radius 1 is 1.05 bits per heavy atom. The van der Waals surface area contributed by atoms with Gasteiger partial charge in [-0.2, -0.15) is 9.29 Å². The van der Waals surface area contributed by atoms with Crippen molar-refractivity contribution in [2.45, 2.75) is 59.1 Å². The largest absolute Gasteiger partial charge is 0.477 e. The van der Waals surface area contributed by atoms with E-state index in [4.69, 9.17) is 16.3 Å². The summed E-state index contributed by atoms with van der Waals surface area (Å²) in [6, 6.07) is 11.1. The Balaban J connectivity index is 1.54. The number of aryl methyl sites for hydroxylation is 1. The zero-order chi connectivity index (χ0) is 27.3. The zero-order valence-electron chi connectivity index (χ0n) is 21.1. The number of anilines is 1. The third-order valence-corrected chi connectivity index (χ3v) is 10.5. The van der Waals surface area contributed by atoms with Gasteiger partial charge in [-0.3, -0.25) is 0 Å². The van der Waals surface area contributed by atoms with E-state index in [2.05, 4.69) is 14.7 Å².